The second kappa shape index (κ2) is 6.59. The van der Waals surface area contributed by atoms with Gasteiger partial charge in [0.25, 0.3) is 0 Å². The number of nitrogens with zero attached hydrogens (tertiary/aromatic N) is 4. The second-order valence-electron chi connectivity index (χ2n) is 6.11. The van der Waals surface area contributed by atoms with Gasteiger partial charge in [-0.05, 0) is 23.8 Å². The summed E-state index contributed by atoms with van der Waals surface area (Å²) in [7, 11) is 1.59. The Balaban J connectivity index is 1.90. The minimum atomic E-state index is -0.556. The first kappa shape index (κ1) is 17.4. The molecule has 4 rings (SSSR count). The van der Waals surface area contributed by atoms with Gasteiger partial charge >= 0.3 is 5.69 Å². The van der Waals surface area contributed by atoms with Crippen molar-refractivity contribution >= 4 is 22.8 Å². The van der Waals surface area contributed by atoms with Crippen LogP contribution in [0.15, 0.2) is 53.7 Å². The number of imidazole rings is 1. The maximum atomic E-state index is 14.4. The van der Waals surface area contributed by atoms with Gasteiger partial charge in [-0.25, -0.2) is 18.6 Å². The van der Waals surface area contributed by atoms with Crippen LogP contribution in [0, 0.1) is 11.6 Å². The fraction of sp³-hybridized carbons (Fsp3) is 0.105. The summed E-state index contributed by atoms with van der Waals surface area (Å²) in [5.41, 5.74) is 1.93. The van der Waals surface area contributed by atoms with Gasteiger partial charge in [0.15, 0.2) is 5.65 Å². The molecule has 0 radical (unpaired) electrons. The van der Waals surface area contributed by atoms with E-state index in [1.807, 2.05) is 0 Å². The third-order valence-corrected chi connectivity index (χ3v) is 4.63. The third-order valence-electron chi connectivity index (χ3n) is 4.34. The molecule has 1 aromatic carbocycles. The average Bonchev–Trinajstić information content (AvgIpc) is 2.88. The van der Waals surface area contributed by atoms with Crippen LogP contribution in [0.3, 0.4) is 0 Å². The molecule has 0 saturated carbocycles. The Morgan fingerprint density at radius 1 is 1.15 bits per heavy atom. The zero-order valence-electron chi connectivity index (χ0n) is 14.2. The van der Waals surface area contributed by atoms with Crippen molar-refractivity contribution < 1.29 is 8.78 Å². The van der Waals surface area contributed by atoms with Crippen molar-refractivity contribution in [1.29, 1.82) is 0 Å². The van der Waals surface area contributed by atoms with Crippen molar-refractivity contribution in [1.82, 2.24) is 19.1 Å². The summed E-state index contributed by atoms with van der Waals surface area (Å²) in [5, 5.41) is 0.00360. The van der Waals surface area contributed by atoms with E-state index in [1.165, 1.54) is 33.7 Å². The molecular formula is C19H13ClF2N4O. The van der Waals surface area contributed by atoms with Crippen LogP contribution in [0.1, 0.15) is 5.56 Å². The number of pyridine rings is 2. The molecule has 0 amide bonds. The van der Waals surface area contributed by atoms with Crippen LogP contribution in [0.25, 0.3) is 22.3 Å². The quantitative estimate of drug-likeness (QED) is 0.538. The van der Waals surface area contributed by atoms with Gasteiger partial charge in [0.05, 0.1) is 23.3 Å². The lowest BCUT2D eigenvalue weighted by Gasteiger charge is -2.07. The first-order valence-corrected chi connectivity index (χ1v) is 8.42. The Bertz CT molecular complexity index is 1230. The van der Waals surface area contributed by atoms with Crippen molar-refractivity contribution in [2.45, 2.75) is 6.54 Å². The maximum Gasteiger partial charge on any atom is 0.330 e. The lowest BCUT2D eigenvalue weighted by atomic mass is 10.1. The Kier molecular flexibility index (Phi) is 4.24. The van der Waals surface area contributed by atoms with Gasteiger partial charge < -0.3 is 0 Å². The van der Waals surface area contributed by atoms with Crippen LogP contribution in [0.2, 0.25) is 5.02 Å². The van der Waals surface area contributed by atoms with Gasteiger partial charge in [-0.3, -0.25) is 14.1 Å². The van der Waals surface area contributed by atoms with Gasteiger partial charge in [-0.15, -0.1) is 0 Å². The number of benzene rings is 1. The molecule has 0 aliphatic heterocycles. The smallest absolute Gasteiger partial charge is 0.286 e. The highest BCUT2D eigenvalue weighted by molar-refractivity contribution is 6.31. The van der Waals surface area contributed by atoms with E-state index < -0.39 is 11.6 Å². The summed E-state index contributed by atoms with van der Waals surface area (Å²) in [6, 6.07) is 7.67. The van der Waals surface area contributed by atoms with E-state index in [-0.39, 0.29) is 22.8 Å². The molecule has 27 heavy (non-hydrogen) atoms. The molecule has 4 aromatic rings. The number of hydrogen-bond acceptors (Lipinski definition) is 3. The molecule has 5 nitrogen and oxygen atoms in total. The van der Waals surface area contributed by atoms with E-state index in [4.69, 9.17) is 11.6 Å². The highest BCUT2D eigenvalue weighted by Gasteiger charge is 2.16. The van der Waals surface area contributed by atoms with Crippen LogP contribution in [0.4, 0.5) is 8.78 Å². The standard InChI is InChI=1S/C19H13ClF2N4O/c1-25-18-16(26(19(25)27)10-11-5-13(21)9-23-7-11)6-12(8-24-18)14-3-2-4-15(20)17(14)22/h2-9H,10H2,1H3. The van der Waals surface area contributed by atoms with E-state index >= 15 is 0 Å². The minimum absolute atomic E-state index is 0.00360. The van der Waals surface area contributed by atoms with E-state index in [2.05, 4.69) is 9.97 Å². The number of rotatable bonds is 3. The predicted octanol–water partition coefficient (Wildman–Crippen LogP) is 3.78. The molecule has 0 aliphatic rings. The summed E-state index contributed by atoms with van der Waals surface area (Å²) in [6.07, 6.45) is 4.07. The van der Waals surface area contributed by atoms with Crippen molar-refractivity contribution in [2.75, 3.05) is 0 Å². The zero-order chi connectivity index (χ0) is 19.1. The molecule has 3 heterocycles. The molecule has 0 aliphatic carbocycles. The van der Waals surface area contributed by atoms with E-state index in [0.29, 0.717) is 22.3 Å². The van der Waals surface area contributed by atoms with Crippen molar-refractivity contribution in [3.63, 3.8) is 0 Å². The molecule has 0 fully saturated rings. The summed E-state index contributed by atoms with van der Waals surface area (Å²) in [4.78, 5) is 20.7. The average molecular weight is 387 g/mol. The van der Waals surface area contributed by atoms with Crippen LogP contribution in [-0.4, -0.2) is 19.1 Å². The number of hydrogen-bond donors (Lipinski definition) is 0. The lowest BCUT2D eigenvalue weighted by molar-refractivity contribution is 0.615. The highest BCUT2D eigenvalue weighted by Crippen LogP contribution is 2.28. The first-order valence-electron chi connectivity index (χ1n) is 8.05. The Hall–Kier alpha value is -3.06. The second-order valence-corrected chi connectivity index (χ2v) is 6.51. The molecule has 0 spiro atoms. The van der Waals surface area contributed by atoms with Crippen LogP contribution < -0.4 is 5.69 Å². The number of halogens is 3. The Morgan fingerprint density at radius 2 is 1.96 bits per heavy atom. The number of fused-ring (bicyclic) bond motifs is 1. The summed E-state index contributed by atoms with van der Waals surface area (Å²) in [5.74, 6) is -1.04. The van der Waals surface area contributed by atoms with E-state index in [0.717, 1.165) is 6.20 Å². The SMILES string of the molecule is Cn1c(=O)n(Cc2cncc(F)c2)c2cc(-c3cccc(Cl)c3F)cnc21. The topological polar surface area (TPSA) is 52.7 Å². The van der Waals surface area contributed by atoms with Gasteiger partial charge in [0.1, 0.15) is 11.6 Å². The number of aromatic nitrogens is 4. The number of aryl methyl sites for hydroxylation is 1. The lowest BCUT2D eigenvalue weighted by Crippen LogP contribution is -2.22. The maximum absolute atomic E-state index is 14.4. The summed E-state index contributed by atoms with van der Waals surface area (Å²) >= 11 is 5.87. The van der Waals surface area contributed by atoms with Crippen molar-refractivity contribution in [3.8, 4) is 11.1 Å². The first-order chi connectivity index (χ1) is 13.0. The monoisotopic (exact) mass is 386 g/mol. The largest absolute Gasteiger partial charge is 0.330 e. The van der Waals surface area contributed by atoms with Crippen molar-refractivity contribution in [3.05, 3.63) is 81.6 Å². The molecule has 0 bridgehead atoms. The predicted molar refractivity (Wildman–Crippen MR) is 98.7 cm³/mol. The normalized spacial score (nSPS) is 11.3. The molecule has 3 aromatic heterocycles. The Morgan fingerprint density at radius 3 is 2.74 bits per heavy atom. The van der Waals surface area contributed by atoms with Gasteiger partial charge in [0.2, 0.25) is 0 Å². The van der Waals surface area contributed by atoms with Gasteiger partial charge in [-0.1, -0.05) is 23.7 Å². The molecule has 0 saturated heterocycles. The molecule has 0 unspecified atom stereocenters. The minimum Gasteiger partial charge on any atom is -0.286 e. The molecule has 0 N–H and O–H groups in total. The van der Waals surface area contributed by atoms with Crippen molar-refractivity contribution in [2.24, 2.45) is 7.05 Å². The molecular weight excluding hydrogens is 374 g/mol. The fourth-order valence-electron chi connectivity index (χ4n) is 3.03. The molecule has 136 valence electrons. The van der Waals surface area contributed by atoms with E-state index in [1.54, 1.807) is 25.2 Å². The third kappa shape index (κ3) is 3.00. The van der Waals surface area contributed by atoms with Crippen LogP contribution >= 0.6 is 11.6 Å². The van der Waals surface area contributed by atoms with Gasteiger partial charge in [-0.2, -0.15) is 0 Å². The molecule has 8 heteroatoms. The molecule has 0 atom stereocenters. The zero-order valence-corrected chi connectivity index (χ0v) is 14.9. The van der Waals surface area contributed by atoms with Crippen LogP contribution in [-0.2, 0) is 13.6 Å². The van der Waals surface area contributed by atoms with Crippen LogP contribution in [0.5, 0.6) is 0 Å². The summed E-state index contributed by atoms with van der Waals surface area (Å²) in [6.45, 7) is 0.115. The fourth-order valence-corrected chi connectivity index (χ4v) is 3.20. The highest BCUT2D eigenvalue weighted by atomic mass is 35.5. The Labute approximate surface area is 157 Å². The van der Waals surface area contributed by atoms with Gasteiger partial charge in [0, 0.05) is 30.6 Å². The van der Waals surface area contributed by atoms with E-state index in [9.17, 15) is 13.6 Å². The summed E-state index contributed by atoms with van der Waals surface area (Å²) < 4.78 is 30.7.